The molecule has 1 aromatic carbocycles. The molecule has 64 valence electrons. The first-order chi connectivity index (χ1) is 5.74. The van der Waals surface area contributed by atoms with Crippen LogP contribution in [-0.4, -0.2) is 11.8 Å². The van der Waals surface area contributed by atoms with Crippen LogP contribution in [0.3, 0.4) is 0 Å². The second-order valence-corrected chi connectivity index (χ2v) is 2.72. The second kappa shape index (κ2) is 4.12. The van der Waals surface area contributed by atoms with Gasteiger partial charge in [-0.25, -0.2) is 0 Å². The number of carbonyl (C=O) groups excluding carboxylic acids is 1. The fourth-order valence-corrected chi connectivity index (χ4v) is 1.05. The SMILES string of the molecule is CCNc1ccc(C(=O)Cl)cc1. The Morgan fingerprint density at radius 3 is 2.42 bits per heavy atom. The van der Waals surface area contributed by atoms with E-state index in [2.05, 4.69) is 5.32 Å². The summed E-state index contributed by atoms with van der Waals surface area (Å²) in [5.41, 5.74) is 1.53. The minimum absolute atomic E-state index is 0.418. The quantitative estimate of drug-likeness (QED) is 0.730. The van der Waals surface area contributed by atoms with Gasteiger partial charge in [0.2, 0.25) is 0 Å². The van der Waals surface area contributed by atoms with Crippen molar-refractivity contribution in [3.63, 3.8) is 0 Å². The fraction of sp³-hybridized carbons (Fsp3) is 0.222. The van der Waals surface area contributed by atoms with E-state index >= 15 is 0 Å². The molecule has 0 spiro atoms. The Bertz CT molecular complexity index is 268. The highest BCUT2D eigenvalue weighted by Crippen LogP contribution is 2.10. The number of carbonyl (C=O) groups is 1. The highest BCUT2D eigenvalue weighted by atomic mass is 35.5. The van der Waals surface area contributed by atoms with E-state index in [0.29, 0.717) is 5.56 Å². The average Bonchev–Trinajstić information content (AvgIpc) is 2.06. The maximum absolute atomic E-state index is 10.7. The van der Waals surface area contributed by atoms with Gasteiger partial charge in [0.15, 0.2) is 0 Å². The van der Waals surface area contributed by atoms with Gasteiger partial charge in [0.1, 0.15) is 0 Å². The summed E-state index contributed by atoms with van der Waals surface area (Å²) in [7, 11) is 0. The molecule has 0 aliphatic carbocycles. The van der Waals surface area contributed by atoms with Crippen LogP contribution in [0.15, 0.2) is 24.3 Å². The van der Waals surface area contributed by atoms with Crippen LogP contribution in [0.25, 0.3) is 0 Å². The molecule has 2 nitrogen and oxygen atoms in total. The Hall–Kier alpha value is -1.02. The van der Waals surface area contributed by atoms with Gasteiger partial charge >= 0.3 is 0 Å². The monoisotopic (exact) mass is 183 g/mol. The summed E-state index contributed by atoms with van der Waals surface area (Å²) in [5.74, 6) is 0. The molecular formula is C9H10ClNO. The molecule has 0 fully saturated rings. The zero-order valence-electron chi connectivity index (χ0n) is 6.80. The van der Waals surface area contributed by atoms with Gasteiger partial charge in [-0.3, -0.25) is 4.79 Å². The fourth-order valence-electron chi connectivity index (χ4n) is 0.923. The number of hydrogen-bond acceptors (Lipinski definition) is 2. The zero-order chi connectivity index (χ0) is 8.97. The molecule has 0 aliphatic heterocycles. The average molecular weight is 184 g/mol. The van der Waals surface area contributed by atoms with E-state index < -0.39 is 5.24 Å². The maximum Gasteiger partial charge on any atom is 0.252 e. The van der Waals surface area contributed by atoms with Crippen LogP contribution in [0.4, 0.5) is 5.69 Å². The maximum atomic E-state index is 10.7. The second-order valence-electron chi connectivity index (χ2n) is 2.38. The van der Waals surface area contributed by atoms with Gasteiger partial charge in [-0.05, 0) is 42.8 Å². The number of hydrogen-bond donors (Lipinski definition) is 1. The van der Waals surface area contributed by atoms with Crippen molar-refractivity contribution in [1.29, 1.82) is 0 Å². The van der Waals surface area contributed by atoms with Gasteiger partial charge in [0, 0.05) is 17.8 Å². The molecule has 0 radical (unpaired) electrons. The molecule has 1 rings (SSSR count). The smallest absolute Gasteiger partial charge is 0.252 e. The lowest BCUT2D eigenvalue weighted by atomic mass is 10.2. The number of rotatable bonds is 3. The van der Waals surface area contributed by atoms with Crippen LogP contribution in [0.1, 0.15) is 17.3 Å². The molecule has 0 saturated heterocycles. The van der Waals surface area contributed by atoms with Crippen LogP contribution >= 0.6 is 11.6 Å². The first kappa shape index (κ1) is 9.07. The first-order valence-corrected chi connectivity index (χ1v) is 4.15. The molecule has 3 heteroatoms. The molecule has 0 bridgehead atoms. The van der Waals surface area contributed by atoms with E-state index in [9.17, 15) is 4.79 Å². The number of halogens is 1. The Kier molecular flexibility index (Phi) is 3.11. The summed E-state index contributed by atoms with van der Waals surface area (Å²) in [6.07, 6.45) is 0. The summed E-state index contributed by atoms with van der Waals surface area (Å²) in [5, 5.41) is 2.70. The van der Waals surface area contributed by atoms with Crippen molar-refractivity contribution in [3.05, 3.63) is 29.8 Å². The highest BCUT2D eigenvalue weighted by Gasteiger charge is 1.99. The predicted octanol–water partition coefficient (Wildman–Crippen LogP) is 2.50. The lowest BCUT2D eigenvalue weighted by molar-refractivity contribution is 0.108. The van der Waals surface area contributed by atoms with E-state index in [1.54, 1.807) is 12.1 Å². The van der Waals surface area contributed by atoms with Crippen molar-refractivity contribution in [2.75, 3.05) is 11.9 Å². The zero-order valence-corrected chi connectivity index (χ0v) is 7.56. The van der Waals surface area contributed by atoms with Gasteiger partial charge in [-0.1, -0.05) is 0 Å². The molecular weight excluding hydrogens is 174 g/mol. The van der Waals surface area contributed by atoms with Crippen molar-refractivity contribution < 1.29 is 4.79 Å². The predicted molar refractivity (Wildman–Crippen MR) is 50.8 cm³/mol. The molecule has 0 aliphatic rings. The van der Waals surface area contributed by atoms with Crippen molar-refractivity contribution in [3.8, 4) is 0 Å². The topological polar surface area (TPSA) is 29.1 Å². The summed E-state index contributed by atoms with van der Waals surface area (Å²) < 4.78 is 0. The minimum Gasteiger partial charge on any atom is -0.385 e. The lowest BCUT2D eigenvalue weighted by Gasteiger charge is -2.01. The summed E-state index contributed by atoms with van der Waals surface area (Å²) in [4.78, 5) is 10.7. The molecule has 0 amide bonds. The molecule has 0 atom stereocenters. The molecule has 0 heterocycles. The van der Waals surface area contributed by atoms with E-state index in [4.69, 9.17) is 11.6 Å². The molecule has 0 unspecified atom stereocenters. The van der Waals surface area contributed by atoms with Crippen LogP contribution in [0, 0.1) is 0 Å². The molecule has 12 heavy (non-hydrogen) atoms. The highest BCUT2D eigenvalue weighted by molar-refractivity contribution is 6.67. The lowest BCUT2D eigenvalue weighted by Crippen LogP contribution is -1.96. The number of benzene rings is 1. The van der Waals surface area contributed by atoms with Crippen LogP contribution in [0.5, 0.6) is 0 Å². The van der Waals surface area contributed by atoms with Gasteiger partial charge < -0.3 is 5.32 Å². The third-order valence-corrected chi connectivity index (χ3v) is 1.71. The van der Waals surface area contributed by atoms with E-state index in [-0.39, 0.29) is 0 Å². The van der Waals surface area contributed by atoms with Crippen molar-refractivity contribution in [2.24, 2.45) is 0 Å². The van der Waals surface area contributed by atoms with E-state index in [1.807, 2.05) is 19.1 Å². The molecule has 1 N–H and O–H groups in total. The Morgan fingerprint density at radius 2 is 2.00 bits per heavy atom. The Labute approximate surface area is 76.5 Å². The van der Waals surface area contributed by atoms with Gasteiger partial charge in [0.25, 0.3) is 5.24 Å². The number of nitrogens with one attached hydrogen (secondary N) is 1. The summed E-state index contributed by atoms with van der Waals surface area (Å²) >= 11 is 5.27. The van der Waals surface area contributed by atoms with Crippen LogP contribution in [0.2, 0.25) is 0 Å². The molecule has 0 saturated carbocycles. The normalized spacial score (nSPS) is 9.50. The first-order valence-electron chi connectivity index (χ1n) is 3.78. The minimum atomic E-state index is -0.418. The van der Waals surface area contributed by atoms with E-state index in [1.165, 1.54) is 0 Å². The summed E-state index contributed by atoms with van der Waals surface area (Å²) in [6, 6.07) is 7.07. The largest absolute Gasteiger partial charge is 0.385 e. The van der Waals surface area contributed by atoms with Crippen molar-refractivity contribution in [2.45, 2.75) is 6.92 Å². The Balaban J connectivity index is 2.78. The third-order valence-electron chi connectivity index (χ3n) is 1.49. The van der Waals surface area contributed by atoms with Crippen LogP contribution in [-0.2, 0) is 0 Å². The number of anilines is 1. The van der Waals surface area contributed by atoms with Gasteiger partial charge in [-0.2, -0.15) is 0 Å². The van der Waals surface area contributed by atoms with Gasteiger partial charge in [-0.15, -0.1) is 0 Å². The third kappa shape index (κ3) is 2.24. The van der Waals surface area contributed by atoms with Crippen molar-refractivity contribution >= 4 is 22.5 Å². The summed E-state index contributed by atoms with van der Waals surface area (Å²) in [6.45, 7) is 2.88. The van der Waals surface area contributed by atoms with E-state index in [0.717, 1.165) is 12.2 Å². The van der Waals surface area contributed by atoms with Gasteiger partial charge in [0.05, 0.1) is 0 Å². The standard InChI is InChI=1S/C9H10ClNO/c1-2-11-8-5-3-7(4-6-8)9(10)12/h3-6,11H,2H2,1H3. The molecule has 0 aromatic heterocycles. The van der Waals surface area contributed by atoms with Crippen LogP contribution < -0.4 is 5.32 Å². The Morgan fingerprint density at radius 1 is 1.42 bits per heavy atom. The van der Waals surface area contributed by atoms with Crippen molar-refractivity contribution in [1.82, 2.24) is 0 Å². The molecule has 1 aromatic rings.